The molecule has 0 saturated carbocycles. The molecule has 0 bridgehead atoms. The Labute approximate surface area is 134 Å². The van der Waals surface area contributed by atoms with Gasteiger partial charge in [-0.15, -0.1) is 0 Å². The van der Waals surface area contributed by atoms with Gasteiger partial charge in [-0.05, 0) is 64.0 Å². The summed E-state index contributed by atoms with van der Waals surface area (Å²) in [6.07, 6.45) is 5.39. The maximum atomic E-state index is 2.71. The van der Waals surface area contributed by atoms with Gasteiger partial charge >= 0.3 is 0 Å². The van der Waals surface area contributed by atoms with Gasteiger partial charge in [0, 0.05) is 30.8 Å². The molecule has 1 aliphatic rings. The van der Waals surface area contributed by atoms with Crippen LogP contribution < -0.4 is 0 Å². The van der Waals surface area contributed by atoms with Gasteiger partial charge in [-0.2, -0.15) is 0 Å². The third kappa shape index (κ3) is 3.36. The highest BCUT2D eigenvalue weighted by Crippen LogP contribution is 2.25. The molecule has 3 nitrogen and oxygen atoms in total. The first-order valence-corrected chi connectivity index (χ1v) is 8.57. The van der Waals surface area contributed by atoms with Crippen molar-refractivity contribution in [3.63, 3.8) is 0 Å². The van der Waals surface area contributed by atoms with Crippen LogP contribution in [0, 0.1) is 0 Å². The molecule has 0 amide bonds. The van der Waals surface area contributed by atoms with Crippen LogP contribution in [0.2, 0.25) is 0 Å². The summed E-state index contributed by atoms with van der Waals surface area (Å²) in [5.41, 5.74) is 2.79. The van der Waals surface area contributed by atoms with E-state index in [9.17, 15) is 0 Å². The summed E-state index contributed by atoms with van der Waals surface area (Å²) < 4.78 is 2.37. The average molecular weight is 299 g/mol. The minimum atomic E-state index is 0.745. The molecule has 1 fully saturated rings. The first-order valence-electron chi connectivity index (χ1n) is 8.57. The number of benzene rings is 1. The molecule has 1 aromatic heterocycles. The zero-order valence-corrected chi connectivity index (χ0v) is 14.3. The Hall–Kier alpha value is -1.32. The summed E-state index contributed by atoms with van der Waals surface area (Å²) in [4.78, 5) is 5.02. The third-order valence-corrected chi connectivity index (χ3v) is 5.07. The molecule has 0 N–H and O–H groups in total. The molecule has 0 spiro atoms. The number of piperidine rings is 1. The fraction of sp³-hybridized carbons (Fsp3) is 0.579. The monoisotopic (exact) mass is 299 g/mol. The van der Waals surface area contributed by atoms with Crippen molar-refractivity contribution >= 4 is 10.9 Å². The minimum Gasteiger partial charge on any atom is -0.346 e. The van der Waals surface area contributed by atoms with E-state index < -0.39 is 0 Å². The van der Waals surface area contributed by atoms with Gasteiger partial charge in [-0.3, -0.25) is 4.90 Å². The lowest BCUT2D eigenvalue weighted by Crippen LogP contribution is -2.40. The summed E-state index contributed by atoms with van der Waals surface area (Å²) in [5, 5.41) is 1.36. The smallest absolute Gasteiger partial charge is 0.0480 e. The summed E-state index contributed by atoms with van der Waals surface area (Å²) in [6.45, 7) is 3.53. The van der Waals surface area contributed by atoms with E-state index in [0.717, 1.165) is 12.6 Å². The molecule has 1 atom stereocenters. The molecule has 22 heavy (non-hydrogen) atoms. The molecule has 3 heteroatoms. The van der Waals surface area contributed by atoms with Crippen LogP contribution in [0.5, 0.6) is 0 Å². The first-order chi connectivity index (χ1) is 10.6. The van der Waals surface area contributed by atoms with Crippen LogP contribution in [-0.4, -0.2) is 47.6 Å². The number of aromatic nitrogens is 1. The number of aryl methyl sites for hydroxylation is 1. The van der Waals surface area contributed by atoms with Gasteiger partial charge in [-0.1, -0.05) is 24.6 Å². The van der Waals surface area contributed by atoms with Crippen molar-refractivity contribution in [2.75, 3.05) is 27.2 Å². The lowest BCUT2D eigenvalue weighted by Gasteiger charge is -2.36. The maximum absolute atomic E-state index is 2.71. The highest BCUT2D eigenvalue weighted by molar-refractivity contribution is 5.81. The van der Waals surface area contributed by atoms with Crippen LogP contribution in [-0.2, 0) is 13.6 Å². The predicted molar refractivity (Wildman–Crippen MR) is 94.1 cm³/mol. The molecule has 1 aliphatic heterocycles. The number of fused-ring (bicyclic) bond motifs is 1. The van der Waals surface area contributed by atoms with E-state index in [0.29, 0.717) is 0 Å². The number of hydrogen-bond acceptors (Lipinski definition) is 2. The van der Waals surface area contributed by atoms with Crippen molar-refractivity contribution in [2.45, 2.75) is 38.3 Å². The van der Waals surface area contributed by atoms with Crippen molar-refractivity contribution in [2.24, 2.45) is 7.05 Å². The highest BCUT2D eigenvalue weighted by atomic mass is 15.2. The number of para-hydroxylation sites is 1. The number of nitrogens with zero attached hydrogens (tertiary/aromatic N) is 3. The lowest BCUT2D eigenvalue weighted by atomic mass is 9.99. The number of likely N-dealkylation sites (tertiary alicyclic amines) is 1. The standard InChI is InChI=1S/C19H29N3/c1-20(2)13-11-17-9-6-7-12-22(17)15-18-14-16-8-4-5-10-19(16)21(18)3/h4-5,8,10,14,17H,6-7,9,11-13,15H2,1-3H3/t17-/m0/s1. The highest BCUT2D eigenvalue weighted by Gasteiger charge is 2.23. The van der Waals surface area contributed by atoms with E-state index in [4.69, 9.17) is 0 Å². The molecule has 0 unspecified atom stereocenters. The molecule has 1 saturated heterocycles. The summed E-state index contributed by atoms with van der Waals surface area (Å²) >= 11 is 0. The Bertz CT molecular complexity index is 614. The lowest BCUT2D eigenvalue weighted by molar-refractivity contribution is 0.122. The maximum Gasteiger partial charge on any atom is 0.0480 e. The Kier molecular flexibility index (Phi) is 4.84. The molecule has 3 rings (SSSR count). The van der Waals surface area contributed by atoms with Crippen molar-refractivity contribution in [1.29, 1.82) is 0 Å². The average Bonchev–Trinajstić information content (AvgIpc) is 2.83. The van der Waals surface area contributed by atoms with Crippen LogP contribution >= 0.6 is 0 Å². The van der Waals surface area contributed by atoms with Crippen LogP contribution in [0.1, 0.15) is 31.4 Å². The van der Waals surface area contributed by atoms with Crippen LogP contribution in [0.3, 0.4) is 0 Å². The zero-order chi connectivity index (χ0) is 15.5. The topological polar surface area (TPSA) is 11.4 Å². The van der Waals surface area contributed by atoms with Gasteiger partial charge in [-0.25, -0.2) is 0 Å². The molecule has 1 aromatic carbocycles. The minimum absolute atomic E-state index is 0.745. The third-order valence-electron chi connectivity index (χ3n) is 5.07. The largest absolute Gasteiger partial charge is 0.346 e. The van der Waals surface area contributed by atoms with Crippen LogP contribution in [0.25, 0.3) is 10.9 Å². The molecular formula is C19H29N3. The van der Waals surface area contributed by atoms with Crippen molar-refractivity contribution < 1.29 is 0 Å². The molecule has 0 aliphatic carbocycles. The van der Waals surface area contributed by atoms with Crippen molar-refractivity contribution in [3.8, 4) is 0 Å². The zero-order valence-electron chi connectivity index (χ0n) is 14.3. The molecule has 2 heterocycles. The van der Waals surface area contributed by atoms with E-state index >= 15 is 0 Å². The molecule has 120 valence electrons. The molecule has 0 radical (unpaired) electrons. The van der Waals surface area contributed by atoms with Gasteiger partial charge in [0.25, 0.3) is 0 Å². The number of rotatable bonds is 5. The summed E-state index contributed by atoms with van der Waals surface area (Å²) in [6, 6.07) is 11.8. The van der Waals surface area contributed by atoms with E-state index in [-0.39, 0.29) is 0 Å². The normalized spacial score (nSPS) is 20.1. The van der Waals surface area contributed by atoms with Crippen LogP contribution in [0.15, 0.2) is 30.3 Å². The SMILES string of the molecule is CN(C)CC[C@@H]1CCCCN1Cc1cc2ccccc2n1C. The first kappa shape index (κ1) is 15.6. The summed E-state index contributed by atoms with van der Waals surface area (Å²) in [7, 11) is 6.56. The van der Waals surface area contributed by atoms with Gasteiger partial charge in [0.05, 0.1) is 0 Å². The van der Waals surface area contributed by atoms with Crippen molar-refractivity contribution in [3.05, 3.63) is 36.0 Å². The second-order valence-electron chi connectivity index (χ2n) is 6.97. The second-order valence-corrected chi connectivity index (χ2v) is 6.97. The fourth-order valence-corrected chi connectivity index (χ4v) is 3.71. The van der Waals surface area contributed by atoms with E-state index in [1.54, 1.807) is 0 Å². The van der Waals surface area contributed by atoms with E-state index in [1.807, 2.05) is 0 Å². The molecular weight excluding hydrogens is 270 g/mol. The Morgan fingerprint density at radius 1 is 1.18 bits per heavy atom. The second kappa shape index (κ2) is 6.84. The molecule has 2 aromatic rings. The van der Waals surface area contributed by atoms with Gasteiger partial charge < -0.3 is 9.47 Å². The van der Waals surface area contributed by atoms with Gasteiger partial charge in [0.1, 0.15) is 0 Å². The fourth-order valence-electron chi connectivity index (χ4n) is 3.71. The van der Waals surface area contributed by atoms with Gasteiger partial charge in [0.15, 0.2) is 0 Å². The van der Waals surface area contributed by atoms with E-state index in [2.05, 4.69) is 65.8 Å². The van der Waals surface area contributed by atoms with Gasteiger partial charge in [0.2, 0.25) is 0 Å². The summed E-state index contributed by atoms with van der Waals surface area (Å²) in [5.74, 6) is 0. The Balaban J connectivity index is 1.75. The number of hydrogen-bond donors (Lipinski definition) is 0. The Morgan fingerprint density at radius 2 is 2.00 bits per heavy atom. The van der Waals surface area contributed by atoms with Crippen molar-refractivity contribution in [1.82, 2.24) is 14.4 Å². The van der Waals surface area contributed by atoms with E-state index in [1.165, 1.54) is 55.4 Å². The van der Waals surface area contributed by atoms with Crippen LogP contribution in [0.4, 0.5) is 0 Å². The predicted octanol–water partition coefficient (Wildman–Crippen LogP) is 3.48. The Morgan fingerprint density at radius 3 is 2.77 bits per heavy atom. The quantitative estimate of drug-likeness (QED) is 0.837.